The lowest BCUT2D eigenvalue weighted by molar-refractivity contribution is -0.741. The fourth-order valence-electron chi connectivity index (χ4n) is 3.42. The summed E-state index contributed by atoms with van der Waals surface area (Å²) in [5, 5.41) is 15.9. The molecule has 146 valence electrons. The Balaban J connectivity index is 2.07. The highest BCUT2D eigenvalue weighted by Crippen LogP contribution is 2.42. The largest absolute Gasteiger partial charge is 0.539 e. The Morgan fingerprint density at radius 1 is 1.24 bits per heavy atom. The highest BCUT2D eigenvalue weighted by molar-refractivity contribution is 7.21. The number of hydrogen-bond acceptors (Lipinski definition) is 8. The van der Waals surface area contributed by atoms with Crippen LogP contribution in [-0.4, -0.2) is 21.8 Å². The molecule has 3 heterocycles. The topological polar surface area (TPSA) is 126 Å². The van der Waals surface area contributed by atoms with Gasteiger partial charge < -0.3 is 15.4 Å². The monoisotopic (exact) mass is 408 g/mol. The number of benzene rings is 1. The van der Waals surface area contributed by atoms with Gasteiger partial charge in [-0.15, -0.1) is 11.3 Å². The van der Waals surface area contributed by atoms with Crippen molar-refractivity contribution >= 4 is 38.8 Å². The minimum absolute atomic E-state index is 0.151. The Labute approximate surface area is 169 Å². The van der Waals surface area contributed by atoms with Crippen molar-refractivity contribution in [2.24, 2.45) is 7.05 Å². The van der Waals surface area contributed by atoms with Gasteiger partial charge in [-0.05, 0) is 19.4 Å². The van der Waals surface area contributed by atoms with Crippen LogP contribution in [0.5, 0.6) is 5.95 Å². The van der Waals surface area contributed by atoms with Gasteiger partial charge in [0, 0.05) is 16.5 Å². The molecule has 9 heteroatoms. The van der Waals surface area contributed by atoms with Crippen molar-refractivity contribution < 1.29 is 23.9 Å². The molecule has 0 atom stereocenters. The van der Waals surface area contributed by atoms with Crippen LogP contribution in [0.1, 0.15) is 38.3 Å². The molecular weight excluding hydrogens is 392 g/mol. The molecule has 0 aliphatic rings. The van der Waals surface area contributed by atoms with Crippen LogP contribution in [0.25, 0.3) is 21.3 Å². The Morgan fingerprint density at radius 3 is 2.52 bits per heavy atom. The average Bonchev–Trinajstić information content (AvgIpc) is 3.19. The maximum absolute atomic E-state index is 13.0. The van der Waals surface area contributed by atoms with Gasteiger partial charge in [0.15, 0.2) is 18.8 Å². The minimum Gasteiger partial charge on any atom is -0.539 e. The molecule has 4 aromatic rings. The number of aromatic nitrogens is 3. The molecule has 1 aromatic carbocycles. The van der Waals surface area contributed by atoms with Gasteiger partial charge in [0.25, 0.3) is 5.78 Å². The second-order valence-electron chi connectivity index (χ2n) is 6.56. The molecule has 0 aliphatic carbocycles. The summed E-state index contributed by atoms with van der Waals surface area (Å²) >= 11 is 1.07. The number of aryl methyl sites for hydroxylation is 2. The summed E-state index contributed by atoms with van der Waals surface area (Å²) in [6.07, 6.45) is 0. The van der Waals surface area contributed by atoms with Gasteiger partial charge in [-0.2, -0.15) is 0 Å². The van der Waals surface area contributed by atoms with Crippen molar-refractivity contribution in [3.8, 4) is 17.1 Å². The number of pyridine rings is 1. The van der Waals surface area contributed by atoms with Crippen LogP contribution in [-0.2, 0) is 7.05 Å². The quantitative estimate of drug-likeness (QED) is 0.405. The van der Waals surface area contributed by atoms with Crippen LogP contribution < -0.4 is 15.5 Å². The first kappa shape index (κ1) is 18.8. The normalized spacial score (nSPS) is 11.1. The van der Waals surface area contributed by atoms with Crippen LogP contribution in [0, 0.1) is 6.92 Å². The minimum atomic E-state index is -0.841. The number of fused-ring (bicyclic) bond motifs is 1. The molecule has 2 N–H and O–H groups in total. The SMILES string of the molecule is CC(=O)c1c(C)nc2sc(C(=O)c3c([O-])on[n+]3C)c(N)c2c1-c1ccccc1. The molecular formula is C20H16N4O4S. The van der Waals surface area contributed by atoms with E-state index in [2.05, 4.69) is 14.8 Å². The van der Waals surface area contributed by atoms with E-state index in [1.54, 1.807) is 6.92 Å². The summed E-state index contributed by atoms with van der Waals surface area (Å²) in [6, 6.07) is 9.33. The third-order valence-corrected chi connectivity index (χ3v) is 5.75. The van der Waals surface area contributed by atoms with E-state index in [-0.39, 0.29) is 22.0 Å². The smallest absolute Gasteiger partial charge is 0.305 e. The van der Waals surface area contributed by atoms with E-state index in [9.17, 15) is 14.7 Å². The number of rotatable bonds is 4. The number of Topliss-reactive ketones (excluding diaryl/α,β-unsaturated/α-hetero) is 1. The van der Waals surface area contributed by atoms with Gasteiger partial charge in [-0.1, -0.05) is 35.0 Å². The number of carbonyl (C=O) groups excluding carboxylic acids is 2. The lowest BCUT2D eigenvalue weighted by Gasteiger charge is -2.12. The summed E-state index contributed by atoms with van der Waals surface area (Å²) in [4.78, 5) is 30.6. The summed E-state index contributed by atoms with van der Waals surface area (Å²) < 4.78 is 5.63. The zero-order valence-corrected chi connectivity index (χ0v) is 16.7. The van der Waals surface area contributed by atoms with Crippen molar-refractivity contribution in [3.05, 3.63) is 52.2 Å². The van der Waals surface area contributed by atoms with Gasteiger partial charge in [0.2, 0.25) is 0 Å². The molecule has 0 unspecified atom stereocenters. The van der Waals surface area contributed by atoms with Gasteiger partial charge in [-0.25, -0.2) is 4.98 Å². The van der Waals surface area contributed by atoms with Gasteiger partial charge >= 0.3 is 5.69 Å². The standard InChI is InChI=1S/C20H16N4O4S/c1-9-12(10(2)25)13(11-7-5-4-6-8-11)14-15(21)18(29-19(14)22-9)17(26)16-20(27)28-23-24(16)3/h4-8H,1-3H3,(H2-,21,23,26,27). The lowest BCUT2D eigenvalue weighted by atomic mass is 9.93. The highest BCUT2D eigenvalue weighted by Gasteiger charge is 2.31. The number of nitrogens with zero attached hydrogens (tertiary/aromatic N) is 3. The molecule has 4 rings (SSSR count). The number of nitrogen functional groups attached to an aromatic ring is 1. The second-order valence-corrected chi connectivity index (χ2v) is 7.56. The fraction of sp³-hybridized carbons (Fsp3) is 0.150. The third-order valence-electron chi connectivity index (χ3n) is 4.66. The van der Waals surface area contributed by atoms with E-state index >= 15 is 0 Å². The first-order valence-electron chi connectivity index (χ1n) is 8.67. The summed E-state index contributed by atoms with van der Waals surface area (Å²) in [7, 11) is 1.44. The Kier molecular flexibility index (Phi) is 4.39. The molecule has 0 saturated carbocycles. The zero-order chi connectivity index (χ0) is 20.9. The Morgan fingerprint density at radius 2 is 1.93 bits per heavy atom. The van der Waals surface area contributed by atoms with E-state index in [0.717, 1.165) is 21.6 Å². The van der Waals surface area contributed by atoms with Gasteiger partial charge in [-0.3, -0.25) is 9.59 Å². The third kappa shape index (κ3) is 2.87. The summed E-state index contributed by atoms with van der Waals surface area (Å²) in [5.41, 5.74) is 8.74. The highest BCUT2D eigenvalue weighted by atomic mass is 32.1. The first-order chi connectivity index (χ1) is 13.8. The Hall–Kier alpha value is -3.59. The van der Waals surface area contributed by atoms with Crippen molar-refractivity contribution in [2.75, 3.05) is 5.73 Å². The van der Waals surface area contributed by atoms with Crippen molar-refractivity contribution in [3.63, 3.8) is 0 Å². The summed E-state index contributed by atoms with van der Waals surface area (Å²) in [6.45, 7) is 3.22. The number of carbonyl (C=O) groups is 2. The average molecular weight is 408 g/mol. The number of thiophene rings is 1. The van der Waals surface area contributed by atoms with E-state index in [0.29, 0.717) is 27.0 Å². The van der Waals surface area contributed by atoms with E-state index in [1.807, 2.05) is 30.3 Å². The van der Waals surface area contributed by atoms with Crippen molar-refractivity contribution in [1.82, 2.24) is 10.3 Å². The molecule has 0 radical (unpaired) electrons. The predicted molar refractivity (Wildman–Crippen MR) is 105 cm³/mol. The molecule has 0 amide bonds. The number of nitrogens with two attached hydrogens (primary N) is 1. The van der Waals surface area contributed by atoms with Gasteiger partial charge in [0.05, 0.1) is 16.7 Å². The van der Waals surface area contributed by atoms with Crippen LogP contribution in [0.15, 0.2) is 34.9 Å². The molecule has 0 aliphatic heterocycles. The molecule has 0 spiro atoms. The van der Waals surface area contributed by atoms with Crippen LogP contribution in [0.3, 0.4) is 0 Å². The van der Waals surface area contributed by atoms with Crippen LogP contribution >= 0.6 is 11.3 Å². The molecule has 0 bridgehead atoms. The zero-order valence-electron chi connectivity index (χ0n) is 15.8. The number of anilines is 1. The first-order valence-corrected chi connectivity index (χ1v) is 9.49. The van der Waals surface area contributed by atoms with Crippen molar-refractivity contribution in [2.45, 2.75) is 13.8 Å². The van der Waals surface area contributed by atoms with E-state index < -0.39 is 11.7 Å². The van der Waals surface area contributed by atoms with Crippen LogP contribution in [0.4, 0.5) is 5.69 Å². The fourth-order valence-corrected chi connectivity index (χ4v) is 4.51. The molecule has 0 saturated heterocycles. The van der Waals surface area contributed by atoms with Gasteiger partial charge in [0.1, 0.15) is 9.71 Å². The lowest BCUT2D eigenvalue weighted by Crippen LogP contribution is -2.37. The summed E-state index contributed by atoms with van der Waals surface area (Å²) in [5.74, 6) is -1.59. The molecule has 3 aromatic heterocycles. The van der Waals surface area contributed by atoms with Crippen LogP contribution in [0.2, 0.25) is 0 Å². The molecule has 8 nitrogen and oxygen atoms in total. The molecule has 29 heavy (non-hydrogen) atoms. The van der Waals surface area contributed by atoms with E-state index in [4.69, 9.17) is 5.73 Å². The predicted octanol–water partition coefficient (Wildman–Crippen LogP) is 2.17. The maximum Gasteiger partial charge on any atom is 0.305 e. The van der Waals surface area contributed by atoms with E-state index in [1.165, 1.54) is 14.0 Å². The Bertz CT molecular complexity index is 1270. The maximum atomic E-state index is 13.0. The second kappa shape index (κ2) is 6.78. The van der Waals surface area contributed by atoms with Crippen molar-refractivity contribution in [1.29, 1.82) is 0 Å². The number of ketones is 2. The number of hydrogen-bond donors (Lipinski definition) is 1. The molecule has 0 fully saturated rings.